The number of Topliss-reactive ketones (excluding diaryl/α,β-unsaturated/α-hetero) is 1. The summed E-state index contributed by atoms with van der Waals surface area (Å²) < 4.78 is 34.9. The zero-order valence-electron chi connectivity index (χ0n) is 21.4. The summed E-state index contributed by atoms with van der Waals surface area (Å²) in [6.07, 6.45) is 1.61. The molecule has 0 aliphatic heterocycles. The van der Waals surface area contributed by atoms with Crippen LogP contribution in [0.2, 0.25) is 0 Å². The molecule has 0 aliphatic carbocycles. The molecule has 0 saturated carbocycles. The van der Waals surface area contributed by atoms with Crippen LogP contribution in [-0.4, -0.2) is 35.0 Å². The predicted molar refractivity (Wildman–Crippen MR) is 143 cm³/mol. The summed E-state index contributed by atoms with van der Waals surface area (Å²) in [7, 11) is 1.79. The summed E-state index contributed by atoms with van der Waals surface area (Å²) in [5.74, 6) is -3.27. The molecule has 8 heteroatoms. The SMILES string of the molecule is CCc1cccc(CNC[C@@H](OC(=O)C(=O)c2cn(C)c3ccccc23)[C@@H](N)Cc2cc(F)cc(F)c2)c1. The average Bonchev–Trinajstić information content (AvgIpc) is 3.23. The summed E-state index contributed by atoms with van der Waals surface area (Å²) in [6.45, 7) is 2.70. The molecule has 0 saturated heterocycles. The van der Waals surface area contributed by atoms with Gasteiger partial charge in [0.15, 0.2) is 0 Å². The van der Waals surface area contributed by atoms with E-state index in [0.717, 1.165) is 23.6 Å². The molecule has 0 aliphatic rings. The smallest absolute Gasteiger partial charge is 0.380 e. The molecule has 0 bridgehead atoms. The fraction of sp³-hybridized carbons (Fsp3) is 0.267. The van der Waals surface area contributed by atoms with Gasteiger partial charge in [0.1, 0.15) is 17.7 Å². The molecule has 0 radical (unpaired) electrons. The molecule has 0 unspecified atom stereocenters. The number of carbonyl (C=O) groups is 2. The van der Waals surface area contributed by atoms with Crippen molar-refractivity contribution in [1.82, 2.24) is 9.88 Å². The van der Waals surface area contributed by atoms with Gasteiger partial charge in [-0.05, 0) is 47.7 Å². The lowest BCUT2D eigenvalue weighted by atomic mass is 10.0. The van der Waals surface area contributed by atoms with Crippen LogP contribution in [0.4, 0.5) is 8.78 Å². The van der Waals surface area contributed by atoms with Gasteiger partial charge in [0.2, 0.25) is 0 Å². The van der Waals surface area contributed by atoms with E-state index in [2.05, 4.69) is 18.3 Å². The second kappa shape index (κ2) is 12.1. The first-order valence-electron chi connectivity index (χ1n) is 12.5. The van der Waals surface area contributed by atoms with Gasteiger partial charge in [0, 0.05) is 49.3 Å². The molecule has 198 valence electrons. The van der Waals surface area contributed by atoms with Gasteiger partial charge in [-0.1, -0.05) is 49.4 Å². The summed E-state index contributed by atoms with van der Waals surface area (Å²) in [4.78, 5) is 26.1. The minimum atomic E-state index is -1.04. The van der Waals surface area contributed by atoms with Crippen LogP contribution in [0.3, 0.4) is 0 Å². The van der Waals surface area contributed by atoms with E-state index >= 15 is 0 Å². The van der Waals surface area contributed by atoms with Crippen molar-refractivity contribution in [2.45, 2.75) is 38.5 Å². The molecule has 0 fully saturated rings. The number of ketones is 1. The standard InChI is InChI=1S/C30H31F2N3O3/c1-3-19-7-6-8-20(11-19)16-34-17-28(26(33)14-21-12-22(31)15-23(32)13-21)38-30(37)29(36)25-18-35(2)27-10-5-4-9-24(25)27/h4-13,15,18,26,28,34H,3,14,16-17,33H2,1-2H3/t26-,28+/m0/s1. The Labute approximate surface area is 220 Å². The van der Waals surface area contributed by atoms with Crippen molar-refractivity contribution in [2.75, 3.05) is 6.54 Å². The Morgan fingerprint density at radius 2 is 1.68 bits per heavy atom. The van der Waals surface area contributed by atoms with E-state index in [4.69, 9.17) is 10.5 Å². The third-order valence-electron chi connectivity index (χ3n) is 6.53. The van der Waals surface area contributed by atoms with Crippen LogP contribution in [0.15, 0.2) is 72.9 Å². The summed E-state index contributed by atoms with van der Waals surface area (Å²) in [5.41, 5.74) is 9.98. The average molecular weight is 520 g/mol. The van der Waals surface area contributed by atoms with E-state index in [-0.39, 0.29) is 18.5 Å². The van der Waals surface area contributed by atoms with E-state index in [1.165, 1.54) is 17.7 Å². The van der Waals surface area contributed by atoms with Gasteiger partial charge < -0.3 is 20.4 Å². The van der Waals surface area contributed by atoms with Crippen LogP contribution in [0.1, 0.15) is 34.0 Å². The lowest BCUT2D eigenvalue weighted by Gasteiger charge is -2.24. The van der Waals surface area contributed by atoms with E-state index in [1.54, 1.807) is 29.9 Å². The number of fused-ring (bicyclic) bond motifs is 1. The number of halogens is 2. The van der Waals surface area contributed by atoms with Crippen LogP contribution >= 0.6 is 0 Å². The van der Waals surface area contributed by atoms with Gasteiger partial charge in [-0.15, -0.1) is 0 Å². The summed E-state index contributed by atoms with van der Waals surface area (Å²) in [5, 5.41) is 3.88. The number of aromatic nitrogens is 1. The monoisotopic (exact) mass is 519 g/mol. The second-order valence-corrected chi connectivity index (χ2v) is 9.39. The molecule has 6 nitrogen and oxygen atoms in total. The first-order valence-corrected chi connectivity index (χ1v) is 12.5. The van der Waals surface area contributed by atoms with Gasteiger partial charge in [-0.3, -0.25) is 4.79 Å². The topological polar surface area (TPSA) is 86.3 Å². The molecule has 2 atom stereocenters. The molecule has 3 N–H and O–H groups in total. The van der Waals surface area contributed by atoms with E-state index in [0.29, 0.717) is 17.5 Å². The number of para-hydroxylation sites is 1. The number of rotatable bonds is 11. The van der Waals surface area contributed by atoms with Crippen molar-refractivity contribution in [3.05, 3.63) is 107 Å². The van der Waals surface area contributed by atoms with Crippen molar-refractivity contribution in [1.29, 1.82) is 0 Å². The minimum absolute atomic E-state index is 0.0437. The summed E-state index contributed by atoms with van der Waals surface area (Å²) >= 11 is 0. The zero-order valence-corrected chi connectivity index (χ0v) is 21.4. The molecular formula is C30H31F2N3O3. The largest absolute Gasteiger partial charge is 0.453 e. The van der Waals surface area contributed by atoms with Gasteiger partial charge in [0.05, 0.1) is 5.56 Å². The first kappa shape index (κ1) is 27.2. The molecule has 0 amide bonds. The number of hydrogen-bond acceptors (Lipinski definition) is 5. The Morgan fingerprint density at radius 3 is 2.42 bits per heavy atom. The molecular weight excluding hydrogens is 488 g/mol. The van der Waals surface area contributed by atoms with Crippen LogP contribution < -0.4 is 11.1 Å². The van der Waals surface area contributed by atoms with Crippen molar-refractivity contribution < 1.29 is 23.1 Å². The predicted octanol–water partition coefficient (Wildman–Crippen LogP) is 4.47. The number of carbonyl (C=O) groups excluding carboxylic acids is 2. The quantitative estimate of drug-likeness (QED) is 0.173. The minimum Gasteiger partial charge on any atom is -0.453 e. The Balaban J connectivity index is 1.51. The Morgan fingerprint density at radius 1 is 0.974 bits per heavy atom. The van der Waals surface area contributed by atoms with E-state index in [9.17, 15) is 18.4 Å². The molecule has 4 aromatic rings. The van der Waals surface area contributed by atoms with Crippen LogP contribution in [-0.2, 0) is 36.0 Å². The number of nitrogens with two attached hydrogens (primary N) is 1. The maximum atomic E-state index is 13.7. The highest BCUT2D eigenvalue weighted by atomic mass is 19.1. The normalized spacial score (nSPS) is 12.9. The van der Waals surface area contributed by atoms with Crippen molar-refractivity contribution in [2.24, 2.45) is 12.8 Å². The number of benzene rings is 3. The highest BCUT2D eigenvalue weighted by molar-refractivity contribution is 6.43. The number of hydrogen-bond donors (Lipinski definition) is 2. The van der Waals surface area contributed by atoms with Crippen LogP contribution in [0.25, 0.3) is 10.9 Å². The van der Waals surface area contributed by atoms with Crippen molar-refractivity contribution in [3.63, 3.8) is 0 Å². The third-order valence-corrected chi connectivity index (χ3v) is 6.53. The van der Waals surface area contributed by atoms with Gasteiger partial charge in [-0.25, -0.2) is 13.6 Å². The Kier molecular flexibility index (Phi) is 8.66. The lowest BCUT2D eigenvalue weighted by molar-refractivity contribution is -0.144. The Hall–Kier alpha value is -3.88. The second-order valence-electron chi connectivity index (χ2n) is 9.39. The molecule has 4 rings (SSSR count). The maximum absolute atomic E-state index is 13.7. The van der Waals surface area contributed by atoms with Gasteiger partial charge >= 0.3 is 5.97 Å². The molecule has 38 heavy (non-hydrogen) atoms. The molecule has 3 aromatic carbocycles. The number of nitrogens with zero attached hydrogens (tertiary/aromatic N) is 1. The van der Waals surface area contributed by atoms with Gasteiger partial charge in [-0.2, -0.15) is 0 Å². The highest BCUT2D eigenvalue weighted by Gasteiger charge is 2.28. The highest BCUT2D eigenvalue weighted by Crippen LogP contribution is 2.21. The molecule has 1 heterocycles. The molecule has 1 aromatic heterocycles. The summed E-state index contributed by atoms with van der Waals surface area (Å²) in [6, 6.07) is 17.7. The maximum Gasteiger partial charge on any atom is 0.380 e. The Bertz CT molecular complexity index is 1430. The number of esters is 1. The van der Waals surface area contributed by atoms with Crippen LogP contribution in [0.5, 0.6) is 0 Å². The number of ether oxygens (including phenoxy) is 1. The van der Waals surface area contributed by atoms with Gasteiger partial charge in [0.25, 0.3) is 5.78 Å². The molecule has 0 spiro atoms. The zero-order chi connectivity index (χ0) is 27.2. The number of nitrogens with one attached hydrogen (secondary N) is 1. The fourth-order valence-corrected chi connectivity index (χ4v) is 4.55. The lowest BCUT2D eigenvalue weighted by Crippen LogP contribution is -2.46. The van der Waals surface area contributed by atoms with Crippen LogP contribution in [0, 0.1) is 11.6 Å². The van der Waals surface area contributed by atoms with Crippen molar-refractivity contribution >= 4 is 22.7 Å². The van der Waals surface area contributed by atoms with E-state index in [1.807, 2.05) is 30.3 Å². The van der Waals surface area contributed by atoms with E-state index < -0.39 is 35.5 Å². The first-order chi connectivity index (χ1) is 18.2. The van der Waals surface area contributed by atoms with Crippen molar-refractivity contribution in [3.8, 4) is 0 Å². The fourth-order valence-electron chi connectivity index (χ4n) is 4.55. The number of aryl methyl sites for hydroxylation is 2. The third kappa shape index (κ3) is 6.51.